The average Bonchev–Trinajstić information content (AvgIpc) is 2.98. The van der Waals surface area contributed by atoms with Crippen molar-refractivity contribution in [2.45, 2.75) is 46.5 Å². The van der Waals surface area contributed by atoms with E-state index < -0.39 is 0 Å². The lowest BCUT2D eigenvalue weighted by Crippen LogP contribution is -2.50. The molecule has 3 saturated heterocycles. The summed E-state index contributed by atoms with van der Waals surface area (Å²) in [6.45, 7) is 16.4. The van der Waals surface area contributed by atoms with Crippen LogP contribution < -0.4 is 0 Å². The van der Waals surface area contributed by atoms with Crippen LogP contribution >= 0.6 is 0 Å². The second-order valence-corrected chi connectivity index (χ2v) is 9.64. The maximum Gasteiger partial charge on any atom is 0.225 e. The van der Waals surface area contributed by atoms with Crippen LogP contribution in [0.3, 0.4) is 0 Å². The summed E-state index contributed by atoms with van der Waals surface area (Å²) in [7, 11) is 1.83. The molecule has 3 heterocycles. The fourth-order valence-corrected chi connectivity index (χ4v) is 5.72. The fourth-order valence-electron chi connectivity index (χ4n) is 5.72. The lowest BCUT2D eigenvalue weighted by atomic mass is 9.71. The molecule has 0 bridgehead atoms. The van der Waals surface area contributed by atoms with E-state index in [1.54, 1.807) is 0 Å². The summed E-state index contributed by atoms with van der Waals surface area (Å²) in [5.74, 6) is 2.02. The molecular formula is C22H41N3O2. The van der Waals surface area contributed by atoms with Gasteiger partial charge in [-0.15, -0.1) is 0 Å². The molecule has 1 unspecified atom stereocenters. The van der Waals surface area contributed by atoms with Crippen molar-refractivity contribution in [1.82, 2.24) is 14.7 Å². The Bertz CT molecular complexity index is 480. The standard InChI is InChI=1S/C22H41N3O2/c1-5-23-10-6-19(7-11-23)21(26)25-12-8-22(9-13-25)17-24(14-18(2)3)15-20(22)16-27-4/h18-20H,5-17H2,1-4H3. The summed E-state index contributed by atoms with van der Waals surface area (Å²) in [6, 6.07) is 0. The van der Waals surface area contributed by atoms with Gasteiger partial charge in [-0.05, 0) is 56.7 Å². The van der Waals surface area contributed by atoms with Crippen molar-refractivity contribution in [2.24, 2.45) is 23.2 Å². The molecule has 0 aromatic carbocycles. The molecule has 0 aliphatic carbocycles. The molecule has 1 atom stereocenters. The van der Waals surface area contributed by atoms with Gasteiger partial charge < -0.3 is 19.4 Å². The van der Waals surface area contributed by atoms with Crippen LogP contribution in [0, 0.1) is 23.2 Å². The first-order chi connectivity index (χ1) is 13.0. The van der Waals surface area contributed by atoms with Crippen LogP contribution in [0.4, 0.5) is 0 Å². The van der Waals surface area contributed by atoms with Gasteiger partial charge in [0, 0.05) is 51.7 Å². The Kier molecular flexibility index (Phi) is 7.20. The van der Waals surface area contributed by atoms with Gasteiger partial charge in [-0.3, -0.25) is 4.79 Å². The lowest BCUT2D eigenvalue weighted by molar-refractivity contribution is -0.140. The summed E-state index contributed by atoms with van der Waals surface area (Å²) < 4.78 is 5.58. The first-order valence-electron chi connectivity index (χ1n) is 11.2. The van der Waals surface area contributed by atoms with Gasteiger partial charge in [0.25, 0.3) is 0 Å². The molecule has 5 heteroatoms. The smallest absolute Gasteiger partial charge is 0.225 e. The molecule has 156 valence electrons. The van der Waals surface area contributed by atoms with Gasteiger partial charge in [0.05, 0.1) is 6.61 Å². The summed E-state index contributed by atoms with van der Waals surface area (Å²) in [5.41, 5.74) is 0.354. The highest BCUT2D eigenvalue weighted by atomic mass is 16.5. The number of likely N-dealkylation sites (tertiary alicyclic amines) is 3. The third-order valence-corrected chi connectivity index (χ3v) is 7.33. The van der Waals surface area contributed by atoms with E-state index in [9.17, 15) is 4.79 Å². The van der Waals surface area contributed by atoms with Gasteiger partial charge in [0.2, 0.25) is 5.91 Å². The minimum Gasteiger partial charge on any atom is -0.384 e. The number of amides is 1. The van der Waals surface area contributed by atoms with E-state index in [-0.39, 0.29) is 5.92 Å². The molecule has 1 spiro atoms. The Morgan fingerprint density at radius 3 is 2.33 bits per heavy atom. The number of carbonyl (C=O) groups is 1. The highest BCUT2D eigenvalue weighted by molar-refractivity contribution is 5.79. The van der Waals surface area contributed by atoms with Gasteiger partial charge in [-0.25, -0.2) is 0 Å². The third-order valence-electron chi connectivity index (χ3n) is 7.33. The van der Waals surface area contributed by atoms with Crippen molar-refractivity contribution >= 4 is 5.91 Å². The number of rotatable bonds is 6. The summed E-state index contributed by atoms with van der Waals surface area (Å²) in [6.07, 6.45) is 4.38. The van der Waals surface area contributed by atoms with Gasteiger partial charge in [0.1, 0.15) is 0 Å². The molecule has 3 aliphatic rings. The first-order valence-corrected chi connectivity index (χ1v) is 11.2. The zero-order chi connectivity index (χ0) is 19.4. The molecule has 0 radical (unpaired) electrons. The van der Waals surface area contributed by atoms with Crippen LogP contribution in [0.15, 0.2) is 0 Å². The van der Waals surface area contributed by atoms with Crippen LogP contribution in [0.2, 0.25) is 0 Å². The Balaban J connectivity index is 1.55. The second kappa shape index (κ2) is 9.23. The molecule has 3 rings (SSSR count). The van der Waals surface area contributed by atoms with E-state index in [1.165, 1.54) is 13.1 Å². The highest BCUT2D eigenvalue weighted by Crippen LogP contribution is 2.45. The third kappa shape index (κ3) is 4.86. The summed E-state index contributed by atoms with van der Waals surface area (Å²) in [5, 5.41) is 0. The van der Waals surface area contributed by atoms with Gasteiger partial charge >= 0.3 is 0 Å². The molecule has 0 saturated carbocycles. The van der Waals surface area contributed by atoms with Crippen molar-refractivity contribution in [3.63, 3.8) is 0 Å². The number of hydrogen-bond acceptors (Lipinski definition) is 4. The van der Waals surface area contributed by atoms with Crippen molar-refractivity contribution in [3.05, 3.63) is 0 Å². The molecule has 1 amide bonds. The van der Waals surface area contributed by atoms with Crippen LogP contribution in [-0.4, -0.2) is 86.7 Å². The molecule has 5 nitrogen and oxygen atoms in total. The maximum atomic E-state index is 13.0. The molecule has 3 fully saturated rings. The molecule has 3 aliphatic heterocycles. The Labute approximate surface area is 166 Å². The van der Waals surface area contributed by atoms with E-state index in [0.29, 0.717) is 23.2 Å². The lowest BCUT2D eigenvalue weighted by Gasteiger charge is -2.44. The normalized spacial score (nSPS) is 27.7. The van der Waals surface area contributed by atoms with E-state index in [4.69, 9.17) is 4.74 Å². The van der Waals surface area contributed by atoms with Gasteiger partial charge in [-0.1, -0.05) is 20.8 Å². The van der Waals surface area contributed by atoms with Gasteiger partial charge in [0.15, 0.2) is 0 Å². The Morgan fingerprint density at radius 2 is 1.78 bits per heavy atom. The molecule has 0 aromatic rings. The molecule has 0 aromatic heterocycles. The number of carbonyl (C=O) groups excluding carboxylic acids is 1. The number of piperidine rings is 2. The number of methoxy groups -OCH3 is 1. The highest BCUT2D eigenvalue weighted by Gasteiger charge is 2.48. The summed E-state index contributed by atoms with van der Waals surface area (Å²) in [4.78, 5) is 20.3. The van der Waals surface area contributed by atoms with E-state index in [1.807, 2.05) is 7.11 Å². The molecule has 0 N–H and O–H groups in total. The Hall–Kier alpha value is -0.650. The first kappa shape index (κ1) is 21.1. The van der Waals surface area contributed by atoms with Crippen molar-refractivity contribution in [3.8, 4) is 0 Å². The maximum absolute atomic E-state index is 13.0. The van der Waals surface area contributed by atoms with E-state index in [0.717, 1.165) is 71.6 Å². The molecular weight excluding hydrogens is 338 g/mol. The van der Waals surface area contributed by atoms with Crippen LogP contribution in [-0.2, 0) is 9.53 Å². The zero-order valence-corrected chi connectivity index (χ0v) is 18.1. The predicted molar refractivity (Wildman–Crippen MR) is 110 cm³/mol. The number of nitrogens with zero attached hydrogens (tertiary/aromatic N) is 3. The number of hydrogen-bond donors (Lipinski definition) is 0. The summed E-state index contributed by atoms with van der Waals surface area (Å²) >= 11 is 0. The van der Waals surface area contributed by atoms with Crippen molar-refractivity contribution < 1.29 is 9.53 Å². The van der Waals surface area contributed by atoms with Crippen LogP contribution in [0.5, 0.6) is 0 Å². The largest absolute Gasteiger partial charge is 0.384 e. The van der Waals surface area contributed by atoms with Crippen LogP contribution in [0.25, 0.3) is 0 Å². The second-order valence-electron chi connectivity index (χ2n) is 9.64. The van der Waals surface area contributed by atoms with Crippen molar-refractivity contribution in [2.75, 3.05) is 66.1 Å². The average molecular weight is 380 g/mol. The Morgan fingerprint density at radius 1 is 1.11 bits per heavy atom. The SMILES string of the molecule is CCN1CCC(C(=O)N2CCC3(CC2)CN(CC(C)C)CC3COC)CC1. The van der Waals surface area contributed by atoms with E-state index in [2.05, 4.69) is 35.5 Å². The van der Waals surface area contributed by atoms with E-state index >= 15 is 0 Å². The topological polar surface area (TPSA) is 36.0 Å². The fraction of sp³-hybridized carbons (Fsp3) is 0.955. The number of ether oxygens (including phenoxy) is 1. The van der Waals surface area contributed by atoms with Gasteiger partial charge in [-0.2, -0.15) is 0 Å². The quantitative estimate of drug-likeness (QED) is 0.711. The van der Waals surface area contributed by atoms with Crippen LogP contribution in [0.1, 0.15) is 46.5 Å². The minimum absolute atomic E-state index is 0.262. The van der Waals surface area contributed by atoms with Crippen molar-refractivity contribution in [1.29, 1.82) is 0 Å². The predicted octanol–water partition coefficient (Wildman–Crippen LogP) is 2.56. The monoisotopic (exact) mass is 379 g/mol. The minimum atomic E-state index is 0.262. The molecule has 27 heavy (non-hydrogen) atoms. The zero-order valence-electron chi connectivity index (χ0n) is 18.1.